The first-order chi connectivity index (χ1) is 16.9. The van der Waals surface area contributed by atoms with Crippen LogP contribution in [0.2, 0.25) is 0 Å². The third kappa shape index (κ3) is 5.38. The van der Waals surface area contributed by atoms with Gasteiger partial charge in [0.05, 0.1) is 29.4 Å². The number of hydrogen-bond acceptors (Lipinski definition) is 7. The first-order valence-electron chi connectivity index (χ1n) is 12.4. The Balaban J connectivity index is 1.50. The number of aliphatic hydroxyl groups is 1. The van der Waals surface area contributed by atoms with Crippen molar-refractivity contribution in [2.75, 3.05) is 52.2 Å². The number of sulfonamides is 1. The lowest BCUT2D eigenvalue weighted by atomic mass is 9.79. The number of piperidine rings is 1. The Labute approximate surface area is 206 Å². The van der Waals surface area contributed by atoms with Crippen LogP contribution >= 0.6 is 0 Å². The number of anilines is 4. The van der Waals surface area contributed by atoms with Gasteiger partial charge < -0.3 is 20.6 Å². The van der Waals surface area contributed by atoms with Crippen LogP contribution < -0.4 is 20.3 Å². The molecule has 35 heavy (non-hydrogen) atoms. The molecule has 5 rings (SSSR count). The molecule has 188 valence electrons. The summed E-state index contributed by atoms with van der Waals surface area (Å²) in [5, 5.41) is 15.4. The number of nitrogens with zero attached hydrogens (tertiary/aromatic N) is 2. The molecular weight excluding hydrogens is 466 g/mol. The maximum absolute atomic E-state index is 13.1. The summed E-state index contributed by atoms with van der Waals surface area (Å²) in [5.41, 5.74) is 2.59. The number of rotatable bonds is 4. The van der Waals surface area contributed by atoms with Gasteiger partial charge in [0.25, 0.3) is 5.91 Å². The van der Waals surface area contributed by atoms with Crippen LogP contribution in [0.15, 0.2) is 36.4 Å². The molecule has 1 aromatic heterocycles. The summed E-state index contributed by atoms with van der Waals surface area (Å²) in [6, 6.07) is 10.5. The fourth-order valence-electron chi connectivity index (χ4n) is 5.44. The van der Waals surface area contributed by atoms with E-state index in [1.54, 1.807) is 24.3 Å². The Bertz CT molecular complexity index is 1200. The summed E-state index contributed by atoms with van der Waals surface area (Å²) in [5.74, 6) is 0.567. The summed E-state index contributed by atoms with van der Waals surface area (Å²) in [6.07, 6.45) is 6.98. The number of carbonyl (C=O) groups is 1. The van der Waals surface area contributed by atoms with Gasteiger partial charge in [0.15, 0.2) is 0 Å². The molecule has 2 aliphatic heterocycles. The van der Waals surface area contributed by atoms with Crippen molar-refractivity contribution in [1.29, 1.82) is 0 Å². The number of fused-ring (bicyclic) bond motifs is 7. The van der Waals surface area contributed by atoms with Crippen LogP contribution in [-0.4, -0.2) is 56.4 Å². The largest absolute Gasteiger partial charge is 0.395 e. The number of amides is 1. The molecule has 1 aromatic carbocycles. The lowest BCUT2D eigenvalue weighted by molar-refractivity contribution is 0.102. The number of aliphatic hydroxyl groups excluding tert-OH is 1. The lowest BCUT2D eigenvalue weighted by Crippen LogP contribution is -2.42. The van der Waals surface area contributed by atoms with Gasteiger partial charge in [-0.05, 0) is 73.8 Å². The van der Waals surface area contributed by atoms with Gasteiger partial charge >= 0.3 is 0 Å². The Morgan fingerprint density at radius 1 is 1.17 bits per heavy atom. The average Bonchev–Trinajstić information content (AvgIpc) is 3.60. The van der Waals surface area contributed by atoms with Crippen LogP contribution in [0.25, 0.3) is 0 Å². The number of benzene rings is 1. The third-order valence-corrected chi connectivity index (χ3v) is 8.83. The van der Waals surface area contributed by atoms with E-state index in [9.17, 15) is 13.2 Å². The van der Waals surface area contributed by atoms with Gasteiger partial charge in [-0.3, -0.25) is 9.52 Å². The summed E-state index contributed by atoms with van der Waals surface area (Å²) < 4.78 is 27.1. The second-order valence-corrected chi connectivity index (χ2v) is 11.8. The topological polar surface area (TPSA) is 124 Å². The van der Waals surface area contributed by atoms with E-state index in [0.29, 0.717) is 34.2 Å². The maximum Gasteiger partial charge on any atom is 0.274 e. The molecule has 1 amide bonds. The summed E-state index contributed by atoms with van der Waals surface area (Å²) in [7, 11) is -3.66. The first kappa shape index (κ1) is 23.9. The van der Waals surface area contributed by atoms with E-state index in [0.717, 1.165) is 51.0 Å². The minimum absolute atomic E-state index is 0.314. The van der Waals surface area contributed by atoms with Crippen molar-refractivity contribution < 1.29 is 18.3 Å². The minimum atomic E-state index is -3.66. The highest BCUT2D eigenvalue weighted by atomic mass is 32.2. The van der Waals surface area contributed by atoms with Gasteiger partial charge in [-0.1, -0.05) is 12.5 Å². The van der Waals surface area contributed by atoms with Crippen LogP contribution in [0.1, 0.15) is 49.0 Å². The van der Waals surface area contributed by atoms with E-state index in [1.807, 2.05) is 12.1 Å². The fraction of sp³-hybridized carbons (Fsp3) is 0.520. The second-order valence-electron chi connectivity index (χ2n) is 9.92. The molecular formula is C25H33N5O4S. The van der Waals surface area contributed by atoms with E-state index in [4.69, 9.17) is 5.11 Å². The van der Waals surface area contributed by atoms with E-state index < -0.39 is 16.6 Å². The monoisotopic (exact) mass is 499 g/mol. The Kier molecular flexibility index (Phi) is 6.59. The first-order valence-corrected chi connectivity index (χ1v) is 14.1. The van der Waals surface area contributed by atoms with Gasteiger partial charge in [-0.25, -0.2) is 13.4 Å². The molecule has 0 radical (unpaired) electrons. The molecule has 4 N–H and O–H groups in total. The number of aromatic nitrogens is 1. The minimum Gasteiger partial charge on any atom is -0.395 e. The zero-order valence-corrected chi connectivity index (χ0v) is 20.6. The van der Waals surface area contributed by atoms with Crippen molar-refractivity contribution in [3.8, 4) is 0 Å². The summed E-state index contributed by atoms with van der Waals surface area (Å²) in [6.45, 7) is 2.11. The van der Waals surface area contributed by atoms with E-state index >= 15 is 0 Å². The molecule has 2 fully saturated rings. The van der Waals surface area contributed by atoms with Gasteiger partial charge in [0.1, 0.15) is 11.5 Å². The maximum atomic E-state index is 13.1. The molecule has 10 heteroatoms. The quantitative estimate of drug-likeness (QED) is 0.509. The van der Waals surface area contributed by atoms with Crippen LogP contribution in [0, 0.1) is 11.3 Å². The molecule has 1 spiro atoms. The normalized spacial score (nSPS) is 21.7. The summed E-state index contributed by atoms with van der Waals surface area (Å²) >= 11 is 0. The van der Waals surface area contributed by atoms with Crippen molar-refractivity contribution in [2.45, 2.75) is 38.5 Å². The average molecular weight is 500 g/mol. The van der Waals surface area contributed by atoms with Crippen molar-refractivity contribution in [3.63, 3.8) is 0 Å². The third-order valence-electron chi connectivity index (χ3n) is 7.57. The van der Waals surface area contributed by atoms with E-state index in [1.165, 1.54) is 12.8 Å². The van der Waals surface area contributed by atoms with E-state index in [2.05, 4.69) is 25.2 Å². The van der Waals surface area contributed by atoms with Crippen LogP contribution in [0.4, 0.5) is 22.9 Å². The smallest absolute Gasteiger partial charge is 0.274 e. The van der Waals surface area contributed by atoms with Crippen molar-refractivity contribution in [3.05, 3.63) is 42.1 Å². The Morgan fingerprint density at radius 2 is 2.03 bits per heavy atom. The number of hydrogen-bond donors (Lipinski definition) is 4. The molecule has 1 atom stereocenters. The molecule has 9 nitrogen and oxygen atoms in total. The van der Waals surface area contributed by atoms with Gasteiger partial charge in [0, 0.05) is 19.6 Å². The molecule has 1 saturated heterocycles. The molecule has 1 saturated carbocycles. The highest BCUT2D eigenvalue weighted by Crippen LogP contribution is 2.58. The number of pyridine rings is 1. The molecule has 3 heterocycles. The van der Waals surface area contributed by atoms with Gasteiger partial charge in [-0.2, -0.15) is 0 Å². The van der Waals surface area contributed by atoms with Crippen molar-refractivity contribution >= 4 is 38.8 Å². The van der Waals surface area contributed by atoms with Crippen LogP contribution in [-0.2, 0) is 10.0 Å². The number of nitrogens with one attached hydrogen (secondary N) is 3. The molecule has 0 unspecified atom stereocenters. The molecule has 4 bridgehead atoms. The Morgan fingerprint density at radius 3 is 2.83 bits per heavy atom. The molecule has 2 aromatic rings. The van der Waals surface area contributed by atoms with Crippen molar-refractivity contribution in [1.82, 2.24) is 4.98 Å². The zero-order valence-electron chi connectivity index (χ0n) is 19.8. The van der Waals surface area contributed by atoms with Gasteiger partial charge in [0.2, 0.25) is 10.0 Å². The van der Waals surface area contributed by atoms with Crippen LogP contribution in [0.3, 0.4) is 0 Å². The SMILES string of the molecule is O=C1Nc2ccc(NS(=O)(=O)CCO)cc2N2CCC3(CC3)[C@@H](CCCCNc3cccc1n3)C2. The molecule has 3 aliphatic rings. The lowest BCUT2D eigenvalue weighted by Gasteiger charge is -2.41. The zero-order chi connectivity index (χ0) is 24.5. The number of carbonyl (C=O) groups excluding carboxylic acids is 1. The summed E-state index contributed by atoms with van der Waals surface area (Å²) in [4.78, 5) is 19.9. The predicted octanol–water partition coefficient (Wildman–Crippen LogP) is 3.27. The second kappa shape index (κ2) is 9.66. The van der Waals surface area contributed by atoms with Crippen LogP contribution in [0.5, 0.6) is 0 Å². The highest BCUT2D eigenvalue weighted by molar-refractivity contribution is 7.92. The predicted molar refractivity (Wildman–Crippen MR) is 137 cm³/mol. The van der Waals surface area contributed by atoms with E-state index in [-0.39, 0.29) is 11.7 Å². The molecule has 1 aliphatic carbocycles. The van der Waals surface area contributed by atoms with Crippen molar-refractivity contribution in [2.24, 2.45) is 11.3 Å². The van der Waals surface area contributed by atoms with Gasteiger partial charge in [-0.15, -0.1) is 0 Å². The standard InChI is InChI=1S/C25H33N5O4S/c31-14-15-35(33,34)29-19-7-8-20-22(16-19)30-13-11-25(9-10-25)18(17-30)4-1-2-12-26-23-6-3-5-21(27-23)24(32)28-20/h3,5-8,16,18,29,31H,1-2,4,9-15,17H2,(H,26,27)(H,28,32)/t18-/m0/s1. The fourth-order valence-corrected chi connectivity index (χ4v) is 6.27. The Hall–Kier alpha value is -2.85. The highest BCUT2D eigenvalue weighted by Gasteiger charge is 2.51.